The first-order chi connectivity index (χ1) is 27.3. The minimum absolute atomic E-state index is 1.21. The van der Waals surface area contributed by atoms with Gasteiger partial charge in [0.2, 0.25) is 0 Å². The summed E-state index contributed by atoms with van der Waals surface area (Å²) < 4.78 is 2.66. The molecule has 256 valence electrons. The molecule has 0 nitrogen and oxygen atoms in total. The summed E-state index contributed by atoms with van der Waals surface area (Å²) in [6.07, 6.45) is 0. The maximum Gasteiger partial charge on any atom is 0.0433 e. The molecule has 0 saturated heterocycles. The zero-order chi connectivity index (χ0) is 36.3. The Hall–Kier alpha value is -6.80. The fourth-order valence-corrected chi connectivity index (χ4v) is 9.93. The van der Waals surface area contributed by atoms with Crippen LogP contribution in [-0.2, 0) is 0 Å². The Bertz CT molecular complexity index is 3230. The van der Waals surface area contributed by atoms with Crippen molar-refractivity contribution in [2.75, 3.05) is 0 Å². The molecule has 0 radical (unpaired) electrons. The van der Waals surface area contributed by atoms with Gasteiger partial charge in [0.15, 0.2) is 0 Å². The van der Waals surface area contributed by atoms with E-state index in [2.05, 4.69) is 206 Å². The van der Waals surface area contributed by atoms with Crippen molar-refractivity contribution in [3.05, 3.63) is 206 Å². The fraction of sp³-hybridized carbons (Fsp3) is 0. The maximum atomic E-state index is 2.45. The first-order valence-electron chi connectivity index (χ1n) is 18.9. The van der Waals surface area contributed by atoms with E-state index in [4.69, 9.17) is 0 Å². The monoisotopic (exact) mass is 714 g/mol. The van der Waals surface area contributed by atoms with Gasteiger partial charge in [-0.2, -0.15) is 0 Å². The molecule has 0 amide bonds. The number of benzene rings is 10. The largest absolute Gasteiger partial charge is 0.135 e. The lowest BCUT2D eigenvalue weighted by molar-refractivity contribution is 1.61. The maximum absolute atomic E-state index is 2.45. The van der Waals surface area contributed by atoms with Gasteiger partial charge in [-0.3, -0.25) is 0 Å². The van der Waals surface area contributed by atoms with E-state index < -0.39 is 0 Å². The minimum Gasteiger partial charge on any atom is -0.135 e. The first-order valence-corrected chi connectivity index (χ1v) is 19.7. The van der Waals surface area contributed by atoms with Crippen LogP contribution < -0.4 is 0 Å². The summed E-state index contributed by atoms with van der Waals surface area (Å²) in [5.74, 6) is 0. The molecule has 55 heavy (non-hydrogen) atoms. The molecule has 0 unspecified atom stereocenters. The normalized spacial score (nSPS) is 11.6. The smallest absolute Gasteiger partial charge is 0.0433 e. The van der Waals surface area contributed by atoms with Crippen LogP contribution in [0.25, 0.3) is 108 Å². The number of rotatable bonds is 5. The van der Waals surface area contributed by atoms with Crippen molar-refractivity contribution in [2.24, 2.45) is 0 Å². The first kappa shape index (κ1) is 31.7. The second-order valence-electron chi connectivity index (χ2n) is 14.4. The van der Waals surface area contributed by atoms with Gasteiger partial charge in [-0.25, -0.2) is 0 Å². The second kappa shape index (κ2) is 13.0. The van der Waals surface area contributed by atoms with E-state index in [9.17, 15) is 0 Å². The molecule has 0 spiro atoms. The summed E-state index contributed by atoms with van der Waals surface area (Å²) in [7, 11) is 0. The highest BCUT2D eigenvalue weighted by molar-refractivity contribution is 7.26. The predicted octanol–water partition coefficient (Wildman–Crippen LogP) is 15.8. The van der Waals surface area contributed by atoms with Gasteiger partial charge in [0.25, 0.3) is 0 Å². The van der Waals surface area contributed by atoms with Crippen LogP contribution in [0.15, 0.2) is 206 Å². The molecule has 0 aliphatic carbocycles. The third-order valence-corrected chi connectivity index (χ3v) is 12.5. The van der Waals surface area contributed by atoms with E-state index in [0.29, 0.717) is 0 Å². The average molecular weight is 715 g/mol. The zero-order valence-electron chi connectivity index (χ0n) is 30.0. The van der Waals surface area contributed by atoms with Gasteiger partial charge in [-0.15, -0.1) is 11.3 Å². The average Bonchev–Trinajstić information content (AvgIpc) is 3.65. The van der Waals surface area contributed by atoms with Gasteiger partial charge in [0.1, 0.15) is 0 Å². The van der Waals surface area contributed by atoms with Gasteiger partial charge in [0.05, 0.1) is 0 Å². The molecular formula is C54H34S. The van der Waals surface area contributed by atoms with Crippen molar-refractivity contribution in [1.82, 2.24) is 0 Å². The highest BCUT2D eigenvalue weighted by atomic mass is 32.1. The van der Waals surface area contributed by atoms with Crippen LogP contribution in [0.4, 0.5) is 0 Å². The van der Waals surface area contributed by atoms with Gasteiger partial charge >= 0.3 is 0 Å². The highest BCUT2D eigenvalue weighted by Gasteiger charge is 2.21. The molecule has 0 saturated carbocycles. The fourth-order valence-electron chi connectivity index (χ4n) is 8.70. The Labute approximate surface area is 324 Å². The van der Waals surface area contributed by atoms with Gasteiger partial charge in [-0.1, -0.05) is 176 Å². The van der Waals surface area contributed by atoms with Gasteiger partial charge in [0, 0.05) is 20.2 Å². The number of hydrogen-bond donors (Lipinski definition) is 0. The Balaban J connectivity index is 1.24. The van der Waals surface area contributed by atoms with E-state index in [1.807, 2.05) is 11.3 Å². The van der Waals surface area contributed by atoms with E-state index >= 15 is 0 Å². The number of fused-ring (bicyclic) bond motifs is 7. The summed E-state index contributed by atoms with van der Waals surface area (Å²) >= 11 is 1.89. The van der Waals surface area contributed by atoms with Crippen LogP contribution in [0.1, 0.15) is 0 Å². The standard InChI is InChI=1S/C54H34S/c1-4-15-35(16-5-1)47-31-38-21-10-11-22-39(38)32-48(47)41-28-30-44-43-29-27-40(42-24-14-25-46-45-23-12-13-26-51(45)55-54(42)46)33-49(43)52(36-17-6-2-7-18-36)53(50(44)34-41)37-19-8-3-9-20-37/h1-34H. The molecule has 1 aromatic heterocycles. The summed E-state index contributed by atoms with van der Waals surface area (Å²) in [6, 6.07) is 76.1. The molecule has 0 bridgehead atoms. The number of hydrogen-bond acceptors (Lipinski definition) is 1. The molecule has 0 aliphatic rings. The van der Waals surface area contributed by atoms with Crippen LogP contribution in [0, 0.1) is 0 Å². The second-order valence-corrected chi connectivity index (χ2v) is 15.4. The molecule has 1 heterocycles. The topological polar surface area (TPSA) is 0 Å². The SMILES string of the molecule is c1ccc(-c2cc3ccccc3cc2-c2ccc3c(c2)c(-c2ccccc2)c(-c2ccccc2)c2cc(-c4cccc5c4sc4ccccc45)ccc23)cc1. The van der Waals surface area contributed by atoms with Crippen molar-refractivity contribution in [1.29, 1.82) is 0 Å². The zero-order valence-corrected chi connectivity index (χ0v) is 30.9. The summed E-state index contributed by atoms with van der Waals surface area (Å²) in [6.45, 7) is 0. The third kappa shape index (κ3) is 5.28. The molecule has 11 aromatic rings. The summed E-state index contributed by atoms with van der Waals surface area (Å²) in [4.78, 5) is 0. The van der Waals surface area contributed by atoms with Crippen LogP contribution in [-0.4, -0.2) is 0 Å². The lowest BCUT2D eigenvalue weighted by atomic mass is 9.82. The summed E-state index contributed by atoms with van der Waals surface area (Å²) in [5, 5.41) is 10.2. The summed E-state index contributed by atoms with van der Waals surface area (Å²) in [5.41, 5.74) is 12.4. The molecule has 0 atom stereocenters. The van der Waals surface area contributed by atoms with Crippen LogP contribution >= 0.6 is 11.3 Å². The predicted molar refractivity (Wildman–Crippen MR) is 239 cm³/mol. The van der Waals surface area contributed by atoms with Crippen LogP contribution in [0.3, 0.4) is 0 Å². The van der Waals surface area contributed by atoms with Crippen molar-refractivity contribution >= 4 is 63.8 Å². The van der Waals surface area contributed by atoms with E-state index in [1.54, 1.807) is 0 Å². The lowest BCUT2D eigenvalue weighted by Gasteiger charge is -2.21. The molecule has 11 rings (SSSR count). The third-order valence-electron chi connectivity index (χ3n) is 11.2. The molecule has 1 heteroatoms. The van der Waals surface area contributed by atoms with Crippen molar-refractivity contribution in [2.45, 2.75) is 0 Å². The van der Waals surface area contributed by atoms with E-state index in [0.717, 1.165) is 0 Å². The molecule has 0 N–H and O–H groups in total. The van der Waals surface area contributed by atoms with E-state index in [-0.39, 0.29) is 0 Å². The minimum atomic E-state index is 1.21. The van der Waals surface area contributed by atoms with Crippen molar-refractivity contribution in [3.8, 4) is 55.6 Å². The van der Waals surface area contributed by atoms with Crippen LogP contribution in [0.2, 0.25) is 0 Å². The lowest BCUT2D eigenvalue weighted by Crippen LogP contribution is -1.94. The van der Waals surface area contributed by atoms with Crippen molar-refractivity contribution < 1.29 is 0 Å². The molecule has 10 aromatic carbocycles. The van der Waals surface area contributed by atoms with Crippen molar-refractivity contribution in [3.63, 3.8) is 0 Å². The van der Waals surface area contributed by atoms with Crippen LogP contribution in [0.5, 0.6) is 0 Å². The Morgan fingerprint density at radius 1 is 0.255 bits per heavy atom. The number of thiophene rings is 1. The highest BCUT2D eigenvalue weighted by Crippen LogP contribution is 2.48. The van der Waals surface area contributed by atoms with Gasteiger partial charge < -0.3 is 0 Å². The quantitative estimate of drug-likeness (QED) is 0.156. The Morgan fingerprint density at radius 2 is 0.727 bits per heavy atom. The molecule has 0 fully saturated rings. The molecular weight excluding hydrogens is 681 g/mol. The Kier molecular flexibility index (Phi) is 7.46. The molecule has 0 aliphatic heterocycles. The Morgan fingerprint density at radius 3 is 1.33 bits per heavy atom. The van der Waals surface area contributed by atoms with E-state index in [1.165, 1.54) is 108 Å². The van der Waals surface area contributed by atoms with Gasteiger partial charge in [-0.05, 0) is 118 Å².